The molecule has 0 aromatic carbocycles. The van der Waals surface area contributed by atoms with Crippen molar-refractivity contribution in [2.24, 2.45) is 0 Å². The predicted molar refractivity (Wildman–Crippen MR) is 69.4 cm³/mol. The van der Waals surface area contributed by atoms with Crippen LogP contribution in [0.3, 0.4) is 0 Å². The Morgan fingerprint density at radius 3 is 2.78 bits per heavy atom. The number of hydrogen-bond acceptors (Lipinski definition) is 5. The number of rotatable bonds is 4. The van der Waals surface area contributed by atoms with Gasteiger partial charge in [-0.3, -0.25) is 4.72 Å². The Balaban J connectivity index is 2.10. The minimum absolute atomic E-state index is 0.236. The molecular weight excluding hydrogens is 322 g/mol. The third kappa shape index (κ3) is 3.54. The standard InChI is InChI=1S/C10H10BrN3O3S/c1-7-4-9(13-17-7)6-18(15,16)14-8-2-3-10(11)12-5-8/h2-5,14H,6H2,1H3. The number of anilines is 1. The lowest BCUT2D eigenvalue weighted by molar-refractivity contribution is 0.392. The minimum Gasteiger partial charge on any atom is -0.361 e. The number of aryl methyl sites for hydroxylation is 1. The summed E-state index contributed by atoms with van der Waals surface area (Å²) in [6.07, 6.45) is 1.43. The maximum Gasteiger partial charge on any atom is 0.238 e. The van der Waals surface area contributed by atoms with Gasteiger partial charge in [0, 0.05) is 6.07 Å². The fourth-order valence-electron chi connectivity index (χ4n) is 1.33. The average Bonchev–Trinajstić information content (AvgIpc) is 2.66. The van der Waals surface area contributed by atoms with E-state index in [1.165, 1.54) is 6.20 Å². The number of nitrogens with one attached hydrogen (secondary N) is 1. The summed E-state index contributed by atoms with van der Waals surface area (Å²) in [6.45, 7) is 1.70. The van der Waals surface area contributed by atoms with Gasteiger partial charge in [-0.15, -0.1) is 0 Å². The molecule has 0 aliphatic rings. The fourth-order valence-corrected chi connectivity index (χ4v) is 2.64. The van der Waals surface area contributed by atoms with Gasteiger partial charge in [0.2, 0.25) is 10.0 Å². The van der Waals surface area contributed by atoms with Gasteiger partial charge in [-0.05, 0) is 35.0 Å². The molecule has 96 valence electrons. The van der Waals surface area contributed by atoms with E-state index in [0.717, 1.165) is 0 Å². The van der Waals surface area contributed by atoms with E-state index in [1.54, 1.807) is 25.1 Å². The van der Waals surface area contributed by atoms with Crippen molar-refractivity contribution in [3.8, 4) is 0 Å². The molecule has 0 fully saturated rings. The van der Waals surface area contributed by atoms with Crippen LogP contribution in [0.5, 0.6) is 0 Å². The van der Waals surface area contributed by atoms with Crippen molar-refractivity contribution in [3.63, 3.8) is 0 Å². The molecule has 2 aromatic heterocycles. The van der Waals surface area contributed by atoms with Crippen LogP contribution in [0.1, 0.15) is 11.5 Å². The summed E-state index contributed by atoms with van der Waals surface area (Å²) >= 11 is 3.17. The second kappa shape index (κ2) is 5.07. The van der Waals surface area contributed by atoms with Crippen LogP contribution in [-0.4, -0.2) is 18.6 Å². The predicted octanol–water partition coefficient (Wildman–Crippen LogP) is 2.08. The van der Waals surface area contributed by atoms with E-state index in [2.05, 4.69) is 30.8 Å². The Labute approximate surface area is 113 Å². The lowest BCUT2D eigenvalue weighted by atomic mass is 10.4. The third-order valence-corrected chi connectivity index (χ3v) is 3.71. The fraction of sp³-hybridized carbons (Fsp3) is 0.200. The van der Waals surface area contributed by atoms with Crippen LogP contribution in [0.25, 0.3) is 0 Å². The molecule has 2 rings (SSSR count). The van der Waals surface area contributed by atoms with Gasteiger partial charge >= 0.3 is 0 Å². The van der Waals surface area contributed by atoms with Crippen LogP contribution in [0.15, 0.2) is 33.5 Å². The van der Waals surface area contributed by atoms with Gasteiger partial charge in [-0.2, -0.15) is 0 Å². The second-order valence-corrected chi connectivity index (χ2v) is 6.19. The van der Waals surface area contributed by atoms with E-state index in [4.69, 9.17) is 4.52 Å². The molecule has 18 heavy (non-hydrogen) atoms. The Hall–Kier alpha value is -1.41. The Morgan fingerprint density at radius 1 is 1.44 bits per heavy atom. The van der Waals surface area contributed by atoms with Crippen LogP contribution in [0.4, 0.5) is 5.69 Å². The molecule has 2 heterocycles. The van der Waals surface area contributed by atoms with Crippen molar-refractivity contribution in [1.82, 2.24) is 10.1 Å². The van der Waals surface area contributed by atoms with E-state index in [0.29, 0.717) is 21.7 Å². The zero-order valence-corrected chi connectivity index (χ0v) is 11.8. The van der Waals surface area contributed by atoms with Gasteiger partial charge in [0.15, 0.2) is 0 Å². The molecule has 0 saturated heterocycles. The molecule has 0 aliphatic heterocycles. The van der Waals surface area contributed by atoms with Gasteiger partial charge in [0.1, 0.15) is 21.8 Å². The number of sulfonamides is 1. The summed E-state index contributed by atoms with van der Waals surface area (Å²) in [6, 6.07) is 4.85. The summed E-state index contributed by atoms with van der Waals surface area (Å²) < 4.78 is 31.5. The molecule has 2 aromatic rings. The van der Waals surface area contributed by atoms with Gasteiger partial charge < -0.3 is 4.52 Å². The first-order chi connectivity index (χ1) is 8.44. The molecule has 1 N–H and O–H groups in total. The Morgan fingerprint density at radius 2 is 2.22 bits per heavy atom. The molecule has 0 atom stereocenters. The van der Waals surface area contributed by atoms with Crippen molar-refractivity contribution in [2.45, 2.75) is 12.7 Å². The SMILES string of the molecule is Cc1cc(CS(=O)(=O)Nc2ccc(Br)nc2)no1. The monoisotopic (exact) mass is 331 g/mol. The second-order valence-electron chi connectivity index (χ2n) is 3.66. The highest BCUT2D eigenvalue weighted by molar-refractivity contribution is 9.10. The first-order valence-electron chi connectivity index (χ1n) is 4.99. The molecule has 0 amide bonds. The highest BCUT2D eigenvalue weighted by Crippen LogP contribution is 2.14. The number of hydrogen-bond donors (Lipinski definition) is 1. The van der Waals surface area contributed by atoms with E-state index in [-0.39, 0.29) is 5.75 Å². The summed E-state index contributed by atoms with van der Waals surface area (Å²) in [7, 11) is -3.52. The topological polar surface area (TPSA) is 85.1 Å². The lowest BCUT2D eigenvalue weighted by Gasteiger charge is -2.05. The van der Waals surface area contributed by atoms with Crippen LogP contribution < -0.4 is 4.72 Å². The molecule has 0 bridgehead atoms. The van der Waals surface area contributed by atoms with E-state index >= 15 is 0 Å². The molecule has 0 unspecified atom stereocenters. The van der Waals surface area contributed by atoms with E-state index < -0.39 is 10.0 Å². The Kier molecular flexibility index (Phi) is 3.67. The van der Waals surface area contributed by atoms with Gasteiger partial charge in [0.05, 0.1) is 11.9 Å². The molecule has 0 aliphatic carbocycles. The molecule has 6 nitrogen and oxygen atoms in total. The molecule has 0 spiro atoms. The number of nitrogens with zero attached hydrogens (tertiary/aromatic N) is 2. The highest BCUT2D eigenvalue weighted by atomic mass is 79.9. The van der Waals surface area contributed by atoms with Crippen molar-refractivity contribution in [2.75, 3.05) is 4.72 Å². The molecule has 8 heteroatoms. The summed E-state index contributed by atoms with van der Waals surface area (Å²) in [5, 5.41) is 3.64. The van der Waals surface area contributed by atoms with Gasteiger partial charge in [0.25, 0.3) is 0 Å². The largest absolute Gasteiger partial charge is 0.361 e. The zero-order chi connectivity index (χ0) is 13.2. The maximum absolute atomic E-state index is 11.8. The first kappa shape index (κ1) is 13.0. The zero-order valence-electron chi connectivity index (χ0n) is 9.42. The molecule has 0 saturated carbocycles. The number of halogens is 1. The molecular formula is C10H10BrN3O3S. The highest BCUT2D eigenvalue weighted by Gasteiger charge is 2.14. The smallest absolute Gasteiger partial charge is 0.238 e. The van der Waals surface area contributed by atoms with E-state index in [1.807, 2.05) is 0 Å². The van der Waals surface area contributed by atoms with Gasteiger partial charge in [-0.25, -0.2) is 13.4 Å². The first-order valence-corrected chi connectivity index (χ1v) is 7.43. The van der Waals surface area contributed by atoms with Gasteiger partial charge in [-0.1, -0.05) is 5.16 Å². The van der Waals surface area contributed by atoms with E-state index in [9.17, 15) is 8.42 Å². The molecule has 0 radical (unpaired) electrons. The summed E-state index contributed by atoms with van der Waals surface area (Å²) in [5.41, 5.74) is 0.767. The Bertz CT molecular complexity index is 637. The van der Waals surface area contributed by atoms with Crippen molar-refractivity contribution in [1.29, 1.82) is 0 Å². The summed E-state index contributed by atoms with van der Waals surface area (Å²) in [4.78, 5) is 3.93. The van der Waals surface area contributed by atoms with Crippen molar-refractivity contribution in [3.05, 3.63) is 40.5 Å². The quantitative estimate of drug-likeness (QED) is 0.867. The van der Waals surface area contributed by atoms with Crippen LogP contribution in [-0.2, 0) is 15.8 Å². The minimum atomic E-state index is -3.52. The maximum atomic E-state index is 11.8. The van der Waals surface area contributed by atoms with Crippen LogP contribution >= 0.6 is 15.9 Å². The number of aromatic nitrogens is 2. The van der Waals surface area contributed by atoms with Crippen LogP contribution in [0.2, 0.25) is 0 Å². The van der Waals surface area contributed by atoms with Crippen LogP contribution in [0, 0.1) is 6.92 Å². The lowest BCUT2D eigenvalue weighted by Crippen LogP contribution is -2.15. The third-order valence-electron chi connectivity index (χ3n) is 2.02. The summed E-state index contributed by atoms with van der Waals surface area (Å²) in [5.74, 6) is 0.339. The van der Waals surface area contributed by atoms with Crippen molar-refractivity contribution >= 4 is 31.6 Å². The van der Waals surface area contributed by atoms with Crippen molar-refractivity contribution < 1.29 is 12.9 Å². The number of pyridine rings is 1. The normalized spacial score (nSPS) is 11.4. The average molecular weight is 332 g/mol.